The summed E-state index contributed by atoms with van der Waals surface area (Å²) in [5.41, 5.74) is 0.361. The first kappa shape index (κ1) is 27.5. The van der Waals surface area contributed by atoms with Crippen LogP contribution < -0.4 is 0 Å². The van der Waals surface area contributed by atoms with Gasteiger partial charge in [-0.15, -0.1) is 0 Å². The second-order valence-corrected chi connectivity index (χ2v) is 9.07. The quantitative estimate of drug-likeness (QED) is 0.182. The Balaban J connectivity index is 1.79. The molecule has 12 nitrogen and oxygen atoms in total. The van der Waals surface area contributed by atoms with Crippen LogP contribution in [0, 0.1) is 0 Å². The van der Waals surface area contributed by atoms with Gasteiger partial charge in [-0.05, 0) is 19.4 Å². The number of hydrogen-bond donors (Lipinski definition) is 0. The van der Waals surface area contributed by atoms with E-state index in [2.05, 4.69) is 6.58 Å². The number of carbonyl (C=O) groups excluding carboxylic acids is 3. The van der Waals surface area contributed by atoms with Crippen LogP contribution in [0.5, 0.6) is 0 Å². The second-order valence-electron chi connectivity index (χ2n) is 9.07. The molecule has 3 saturated heterocycles. The van der Waals surface area contributed by atoms with Gasteiger partial charge in [-0.1, -0.05) is 6.58 Å². The topological polar surface area (TPSA) is 134 Å². The van der Waals surface area contributed by atoms with Crippen molar-refractivity contribution in [2.24, 2.45) is 0 Å². The predicted molar refractivity (Wildman–Crippen MR) is 116 cm³/mol. The lowest BCUT2D eigenvalue weighted by molar-refractivity contribution is -0.221. The summed E-state index contributed by atoms with van der Waals surface area (Å²) in [7, 11) is 1.46. The van der Waals surface area contributed by atoms with Crippen molar-refractivity contribution in [3.63, 3.8) is 0 Å². The molecule has 8 atom stereocenters. The van der Waals surface area contributed by atoms with Crippen molar-refractivity contribution in [2.75, 3.05) is 20.5 Å². The summed E-state index contributed by atoms with van der Waals surface area (Å²) >= 11 is 0. The molecule has 0 aliphatic carbocycles. The normalized spacial score (nSPS) is 34.2. The van der Waals surface area contributed by atoms with E-state index in [1.807, 2.05) is 0 Å². The Morgan fingerprint density at radius 3 is 2.31 bits per heavy atom. The molecule has 0 unspecified atom stereocenters. The summed E-state index contributed by atoms with van der Waals surface area (Å²) < 4.78 is 50.6. The van der Waals surface area contributed by atoms with Crippen LogP contribution in [0.2, 0.25) is 0 Å². The number of hydrogen-bond acceptors (Lipinski definition) is 12. The molecule has 0 amide bonds. The Morgan fingerprint density at radius 1 is 1.03 bits per heavy atom. The molecule has 3 rings (SSSR count). The number of methoxy groups -OCH3 is 1. The van der Waals surface area contributed by atoms with Gasteiger partial charge in [-0.3, -0.25) is 14.4 Å². The molecule has 12 heteroatoms. The van der Waals surface area contributed by atoms with Crippen LogP contribution in [0.25, 0.3) is 0 Å². The van der Waals surface area contributed by atoms with Gasteiger partial charge < -0.3 is 42.6 Å². The predicted octanol–water partition coefficient (Wildman–Crippen LogP) is 0.992. The van der Waals surface area contributed by atoms with Crippen LogP contribution in [0.3, 0.4) is 0 Å². The fourth-order valence-electron chi connectivity index (χ4n) is 4.50. The number of esters is 3. The molecule has 0 spiro atoms. The molecule has 0 aromatic carbocycles. The van der Waals surface area contributed by atoms with E-state index in [0.717, 1.165) is 0 Å². The molecular formula is C23H34O12. The Hall–Kier alpha value is -2.09. The highest BCUT2D eigenvalue weighted by atomic mass is 16.8. The number of rotatable bonds is 10. The summed E-state index contributed by atoms with van der Waals surface area (Å²) in [6.07, 6.45) is -6.01. The van der Waals surface area contributed by atoms with Crippen molar-refractivity contribution < 1.29 is 57.0 Å². The molecule has 0 radical (unpaired) electrons. The molecular weight excluding hydrogens is 468 g/mol. The van der Waals surface area contributed by atoms with Crippen molar-refractivity contribution >= 4 is 17.9 Å². The maximum absolute atomic E-state index is 12.0. The van der Waals surface area contributed by atoms with E-state index in [4.69, 9.17) is 42.6 Å². The first-order valence-corrected chi connectivity index (χ1v) is 11.4. The monoisotopic (exact) mass is 502 g/mol. The van der Waals surface area contributed by atoms with E-state index in [-0.39, 0.29) is 19.8 Å². The molecule has 0 N–H and O–H groups in total. The van der Waals surface area contributed by atoms with E-state index < -0.39 is 72.7 Å². The molecule has 198 valence electrons. The van der Waals surface area contributed by atoms with Gasteiger partial charge in [-0.25, -0.2) is 0 Å². The molecule has 0 saturated carbocycles. The molecule has 0 bridgehead atoms. The minimum atomic E-state index is -0.910. The van der Waals surface area contributed by atoms with Crippen LogP contribution >= 0.6 is 0 Å². The lowest BCUT2D eigenvalue weighted by Gasteiger charge is -2.31. The summed E-state index contributed by atoms with van der Waals surface area (Å²) in [4.78, 5) is 35.3. The minimum absolute atomic E-state index is 0.0569. The van der Waals surface area contributed by atoms with E-state index in [1.54, 1.807) is 13.8 Å². The van der Waals surface area contributed by atoms with Crippen molar-refractivity contribution in [3.05, 3.63) is 12.2 Å². The summed E-state index contributed by atoms with van der Waals surface area (Å²) in [6.45, 7) is 11.4. The number of fused-ring (bicyclic) bond motifs is 1. The third kappa shape index (κ3) is 6.78. The summed E-state index contributed by atoms with van der Waals surface area (Å²) in [6, 6.07) is 0. The van der Waals surface area contributed by atoms with E-state index in [9.17, 15) is 14.4 Å². The third-order valence-corrected chi connectivity index (χ3v) is 5.72. The van der Waals surface area contributed by atoms with Crippen LogP contribution in [0.4, 0.5) is 0 Å². The molecule has 3 heterocycles. The van der Waals surface area contributed by atoms with Crippen molar-refractivity contribution in [1.82, 2.24) is 0 Å². The molecule has 0 aromatic heterocycles. The van der Waals surface area contributed by atoms with Gasteiger partial charge in [0.1, 0.15) is 31.2 Å². The summed E-state index contributed by atoms with van der Waals surface area (Å²) in [5.74, 6) is -2.48. The number of ether oxygens (including phenoxy) is 9. The molecule has 3 fully saturated rings. The van der Waals surface area contributed by atoms with E-state index >= 15 is 0 Å². The maximum atomic E-state index is 12.0. The lowest BCUT2D eigenvalue weighted by Crippen LogP contribution is -2.43. The van der Waals surface area contributed by atoms with E-state index in [0.29, 0.717) is 5.57 Å². The average Bonchev–Trinajstić information content (AvgIpc) is 3.35. The maximum Gasteiger partial charge on any atom is 0.303 e. The smallest absolute Gasteiger partial charge is 0.303 e. The first-order valence-electron chi connectivity index (χ1n) is 11.4. The van der Waals surface area contributed by atoms with Crippen LogP contribution in [-0.2, 0) is 57.0 Å². The van der Waals surface area contributed by atoms with Crippen LogP contribution in [0.1, 0.15) is 41.0 Å². The van der Waals surface area contributed by atoms with Crippen molar-refractivity contribution in [2.45, 2.75) is 95.8 Å². The van der Waals surface area contributed by atoms with E-state index in [1.165, 1.54) is 27.9 Å². The van der Waals surface area contributed by atoms with Gasteiger partial charge in [0.25, 0.3) is 0 Å². The van der Waals surface area contributed by atoms with Crippen molar-refractivity contribution in [1.29, 1.82) is 0 Å². The van der Waals surface area contributed by atoms with Crippen molar-refractivity contribution in [3.8, 4) is 0 Å². The number of carbonyl (C=O) groups is 3. The first-order chi connectivity index (χ1) is 16.4. The minimum Gasteiger partial charge on any atom is -0.458 e. The Kier molecular flexibility index (Phi) is 8.89. The summed E-state index contributed by atoms with van der Waals surface area (Å²) in [5, 5.41) is 0. The SMILES string of the molecule is C=C([C@H]1OC[C@H](OC(C)=O)[C@H]1OCOC)[C@@H](C[C@H]1O[C@@H]2OC(C)(C)O[C@@H]2[C@H]1OC(C)=O)OC(C)=O. The highest BCUT2D eigenvalue weighted by molar-refractivity contribution is 5.67. The van der Waals surface area contributed by atoms with Gasteiger partial charge in [0.2, 0.25) is 0 Å². The third-order valence-electron chi connectivity index (χ3n) is 5.72. The molecule has 3 aliphatic rings. The second kappa shape index (κ2) is 11.3. The standard InChI is InChI=1S/C23H34O12/c1-11(18-19(29-10-27-7)17(9-28-18)31-13(3)25)15(30-12(2)24)8-16-20(32-14(4)26)21-22(33-16)35-23(5,6)34-21/h15-22H,1,8-10H2,2-7H3/t15-,16-,17+,18-,19-,20+,21-,22-/m1/s1. The zero-order valence-electron chi connectivity index (χ0n) is 20.8. The average molecular weight is 503 g/mol. The fraction of sp³-hybridized carbons (Fsp3) is 0.783. The van der Waals surface area contributed by atoms with Gasteiger partial charge >= 0.3 is 17.9 Å². The zero-order valence-corrected chi connectivity index (χ0v) is 20.8. The Bertz CT molecular complexity index is 810. The fourth-order valence-corrected chi connectivity index (χ4v) is 4.50. The lowest BCUT2D eigenvalue weighted by atomic mass is 9.94. The Labute approximate surface area is 204 Å². The van der Waals surface area contributed by atoms with Gasteiger partial charge in [-0.2, -0.15) is 0 Å². The molecule has 35 heavy (non-hydrogen) atoms. The largest absolute Gasteiger partial charge is 0.458 e. The molecule has 0 aromatic rings. The van der Waals surface area contributed by atoms with Gasteiger partial charge in [0.15, 0.2) is 30.4 Å². The molecule has 3 aliphatic heterocycles. The highest BCUT2D eigenvalue weighted by Crippen LogP contribution is 2.41. The Morgan fingerprint density at radius 2 is 1.71 bits per heavy atom. The van der Waals surface area contributed by atoms with Gasteiger partial charge in [0, 0.05) is 34.3 Å². The zero-order chi connectivity index (χ0) is 25.9. The van der Waals surface area contributed by atoms with Crippen LogP contribution in [0.15, 0.2) is 12.2 Å². The van der Waals surface area contributed by atoms with Crippen LogP contribution in [-0.4, -0.2) is 93.2 Å². The van der Waals surface area contributed by atoms with Gasteiger partial charge in [0.05, 0.1) is 6.61 Å². The highest BCUT2D eigenvalue weighted by Gasteiger charge is 2.57.